The van der Waals surface area contributed by atoms with E-state index in [1.54, 1.807) is 6.07 Å². The molecule has 1 aromatic carbocycles. The number of hydrogen-bond acceptors (Lipinski definition) is 5. The van der Waals surface area contributed by atoms with Crippen molar-refractivity contribution in [3.8, 4) is 5.75 Å². The highest BCUT2D eigenvalue weighted by Gasteiger charge is 2.18. The largest absolute Gasteiger partial charge is 0.489 e. The first-order valence-corrected chi connectivity index (χ1v) is 7.29. The van der Waals surface area contributed by atoms with Gasteiger partial charge in [-0.3, -0.25) is 4.90 Å². The van der Waals surface area contributed by atoms with E-state index < -0.39 is 6.10 Å². The molecule has 0 aliphatic carbocycles. The van der Waals surface area contributed by atoms with Crippen LogP contribution in [0.1, 0.15) is 6.92 Å². The number of aliphatic hydroxyl groups excluding tert-OH is 1. The molecule has 2 rings (SSSR count). The Balaban J connectivity index is 1.71. The Morgan fingerprint density at radius 1 is 1.20 bits per heavy atom. The molecule has 1 aromatic rings. The van der Waals surface area contributed by atoms with Crippen LogP contribution in [0.2, 0.25) is 0 Å². The summed E-state index contributed by atoms with van der Waals surface area (Å²) in [6.07, 6.45) is -0.484. The van der Waals surface area contributed by atoms with Crippen molar-refractivity contribution in [2.24, 2.45) is 0 Å². The van der Waals surface area contributed by atoms with Gasteiger partial charge in [0.05, 0.1) is 5.69 Å². The minimum Gasteiger partial charge on any atom is -0.489 e. The molecule has 20 heavy (non-hydrogen) atoms. The fourth-order valence-electron chi connectivity index (χ4n) is 2.44. The summed E-state index contributed by atoms with van der Waals surface area (Å²) in [6, 6.07) is 7.36. The molecule has 0 saturated carbocycles. The fraction of sp³-hybridized carbons (Fsp3) is 0.600. The number of nitrogens with two attached hydrogens (primary N) is 1. The molecule has 0 radical (unpaired) electrons. The van der Waals surface area contributed by atoms with Crippen LogP contribution in [0.15, 0.2) is 24.3 Å². The molecule has 1 aliphatic heterocycles. The Morgan fingerprint density at radius 3 is 2.50 bits per heavy atom. The number of β-amino-alcohol motifs (C(OH)–C–C–N with tert-alkyl or cyclic N) is 1. The standard InChI is InChI=1S/C15H25N3O2/c1-2-17-7-9-18(10-8-17)11-13(19)12-20-15-6-4-3-5-14(15)16/h3-6,13,19H,2,7-12,16H2,1H3. The first kappa shape index (κ1) is 15.1. The number of ether oxygens (including phenoxy) is 1. The van der Waals surface area contributed by atoms with Crippen LogP contribution in [0.25, 0.3) is 0 Å². The molecule has 1 unspecified atom stereocenters. The van der Waals surface area contributed by atoms with Gasteiger partial charge < -0.3 is 20.5 Å². The normalized spacial score (nSPS) is 18.9. The van der Waals surface area contributed by atoms with E-state index in [2.05, 4.69) is 16.7 Å². The van der Waals surface area contributed by atoms with Gasteiger partial charge >= 0.3 is 0 Å². The molecule has 1 fully saturated rings. The second-order valence-corrected chi connectivity index (χ2v) is 5.24. The lowest BCUT2D eigenvalue weighted by Crippen LogP contribution is -2.49. The van der Waals surface area contributed by atoms with Gasteiger partial charge in [-0.25, -0.2) is 0 Å². The van der Waals surface area contributed by atoms with Gasteiger partial charge in [0.1, 0.15) is 18.5 Å². The monoisotopic (exact) mass is 279 g/mol. The van der Waals surface area contributed by atoms with E-state index in [-0.39, 0.29) is 6.61 Å². The number of nitrogens with zero attached hydrogens (tertiary/aromatic N) is 2. The van der Waals surface area contributed by atoms with Gasteiger partial charge in [0.2, 0.25) is 0 Å². The smallest absolute Gasteiger partial charge is 0.142 e. The predicted molar refractivity (Wildman–Crippen MR) is 80.9 cm³/mol. The van der Waals surface area contributed by atoms with Crippen LogP contribution in [0.3, 0.4) is 0 Å². The molecule has 1 atom stereocenters. The van der Waals surface area contributed by atoms with Crippen LogP contribution in [-0.4, -0.2) is 66.9 Å². The van der Waals surface area contributed by atoms with Gasteiger partial charge in [0.15, 0.2) is 0 Å². The summed E-state index contributed by atoms with van der Waals surface area (Å²) < 4.78 is 5.57. The molecule has 0 aromatic heterocycles. The highest BCUT2D eigenvalue weighted by Crippen LogP contribution is 2.19. The minimum absolute atomic E-state index is 0.280. The summed E-state index contributed by atoms with van der Waals surface area (Å²) in [7, 11) is 0. The van der Waals surface area contributed by atoms with Crippen molar-refractivity contribution in [1.29, 1.82) is 0 Å². The summed E-state index contributed by atoms with van der Waals surface area (Å²) in [5, 5.41) is 10.1. The van der Waals surface area contributed by atoms with E-state index in [9.17, 15) is 5.11 Å². The van der Waals surface area contributed by atoms with Gasteiger partial charge in [-0.2, -0.15) is 0 Å². The average Bonchev–Trinajstić information content (AvgIpc) is 2.47. The molecule has 5 nitrogen and oxygen atoms in total. The third-order valence-electron chi connectivity index (χ3n) is 3.73. The van der Waals surface area contributed by atoms with E-state index in [4.69, 9.17) is 10.5 Å². The summed E-state index contributed by atoms with van der Waals surface area (Å²) in [5.41, 5.74) is 6.41. The zero-order chi connectivity index (χ0) is 14.4. The Bertz CT molecular complexity index is 406. The van der Waals surface area contributed by atoms with Crippen LogP contribution in [-0.2, 0) is 0 Å². The third kappa shape index (κ3) is 4.37. The molecule has 1 heterocycles. The van der Waals surface area contributed by atoms with Gasteiger partial charge in [-0.1, -0.05) is 19.1 Å². The summed E-state index contributed by atoms with van der Waals surface area (Å²) in [5.74, 6) is 0.641. The maximum absolute atomic E-state index is 10.1. The summed E-state index contributed by atoms with van der Waals surface area (Å²) in [4.78, 5) is 4.71. The zero-order valence-corrected chi connectivity index (χ0v) is 12.2. The second-order valence-electron chi connectivity index (χ2n) is 5.24. The van der Waals surface area contributed by atoms with Crippen LogP contribution < -0.4 is 10.5 Å². The Labute approximate surface area is 120 Å². The maximum atomic E-state index is 10.1. The molecule has 0 bridgehead atoms. The molecule has 5 heteroatoms. The lowest BCUT2D eigenvalue weighted by molar-refractivity contribution is 0.0473. The lowest BCUT2D eigenvalue weighted by Gasteiger charge is -2.34. The van der Waals surface area contributed by atoms with Crippen molar-refractivity contribution >= 4 is 5.69 Å². The van der Waals surface area contributed by atoms with Crippen LogP contribution in [0, 0.1) is 0 Å². The average molecular weight is 279 g/mol. The van der Waals surface area contributed by atoms with Gasteiger partial charge in [0, 0.05) is 32.7 Å². The zero-order valence-electron chi connectivity index (χ0n) is 12.2. The molecule has 0 amide bonds. The molecule has 1 aliphatic rings. The first-order valence-electron chi connectivity index (χ1n) is 7.29. The molecular weight excluding hydrogens is 254 g/mol. The number of aliphatic hydroxyl groups is 1. The van der Waals surface area contributed by atoms with E-state index in [1.807, 2.05) is 18.2 Å². The second kappa shape index (κ2) is 7.47. The fourth-order valence-corrected chi connectivity index (χ4v) is 2.44. The van der Waals surface area contributed by atoms with Crippen molar-refractivity contribution < 1.29 is 9.84 Å². The van der Waals surface area contributed by atoms with E-state index in [0.29, 0.717) is 18.0 Å². The number of anilines is 1. The lowest BCUT2D eigenvalue weighted by atomic mass is 10.2. The topological polar surface area (TPSA) is 62.0 Å². The Morgan fingerprint density at radius 2 is 1.85 bits per heavy atom. The number of hydrogen-bond donors (Lipinski definition) is 2. The highest BCUT2D eigenvalue weighted by molar-refractivity contribution is 5.51. The highest BCUT2D eigenvalue weighted by atomic mass is 16.5. The first-order chi connectivity index (χ1) is 9.69. The van der Waals surface area contributed by atoms with Crippen molar-refractivity contribution in [2.45, 2.75) is 13.0 Å². The van der Waals surface area contributed by atoms with Gasteiger partial charge in [-0.15, -0.1) is 0 Å². The van der Waals surface area contributed by atoms with Gasteiger partial charge in [0.25, 0.3) is 0 Å². The van der Waals surface area contributed by atoms with Crippen LogP contribution in [0.5, 0.6) is 5.75 Å². The molecule has 0 spiro atoms. The van der Waals surface area contributed by atoms with E-state index in [0.717, 1.165) is 32.7 Å². The molecule has 112 valence electrons. The van der Waals surface area contributed by atoms with Crippen molar-refractivity contribution in [3.63, 3.8) is 0 Å². The van der Waals surface area contributed by atoms with Crippen molar-refractivity contribution in [1.82, 2.24) is 9.80 Å². The maximum Gasteiger partial charge on any atom is 0.142 e. The molecular formula is C15H25N3O2. The third-order valence-corrected chi connectivity index (χ3v) is 3.73. The quantitative estimate of drug-likeness (QED) is 0.749. The molecule has 1 saturated heterocycles. The number of benzene rings is 1. The van der Waals surface area contributed by atoms with Crippen LogP contribution in [0.4, 0.5) is 5.69 Å². The predicted octanol–water partition coefficient (Wildman–Crippen LogP) is 0.646. The van der Waals surface area contributed by atoms with E-state index >= 15 is 0 Å². The summed E-state index contributed by atoms with van der Waals surface area (Å²) >= 11 is 0. The van der Waals surface area contributed by atoms with Crippen molar-refractivity contribution in [3.05, 3.63) is 24.3 Å². The number of nitrogen functional groups attached to an aromatic ring is 1. The number of piperazine rings is 1. The Hall–Kier alpha value is -1.30. The van der Waals surface area contributed by atoms with Crippen molar-refractivity contribution in [2.75, 3.05) is 51.6 Å². The SMILES string of the molecule is CCN1CCN(CC(O)COc2ccccc2N)CC1. The van der Waals surface area contributed by atoms with Crippen LogP contribution >= 0.6 is 0 Å². The van der Waals surface area contributed by atoms with Gasteiger partial charge in [-0.05, 0) is 18.7 Å². The van der Waals surface area contributed by atoms with E-state index in [1.165, 1.54) is 0 Å². The number of likely N-dealkylation sites (N-methyl/N-ethyl adjacent to an activating group) is 1. The summed E-state index contributed by atoms with van der Waals surface area (Å²) in [6.45, 7) is 8.41. The number of para-hydroxylation sites is 2. The minimum atomic E-state index is -0.484. The Kier molecular flexibility index (Phi) is 5.64. The molecule has 3 N–H and O–H groups in total. The number of rotatable bonds is 6.